The molecule has 0 radical (unpaired) electrons. The van der Waals surface area contributed by atoms with Gasteiger partial charge in [-0.2, -0.15) is 0 Å². The molecule has 2 aliphatic heterocycles. The second-order valence-corrected chi connectivity index (χ2v) is 9.16. The number of carbonyl (C=O) groups excluding carboxylic acids is 1. The zero-order chi connectivity index (χ0) is 20.8. The normalized spacial score (nSPS) is 19.6. The first-order valence-electron chi connectivity index (χ1n) is 11.5. The number of carbonyl (C=O) groups is 1. The lowest BCUT2D eigenvalue weighted by molar-refractivity contribution is 0.0917. The standard InChI is InChI=1S/C26H35N3O/c1-28-15-13-25(14-16-28)27-26(30)24-9-7-23(8-10-24)20-29-17-11-22(12-18-29)19-21-5-3-2-4-6-21/h2-10,22,25H,11-20H2,1H3,(H,27,30). The summed E-state index contributed by atoms with van der Waals surface area (Å²) < 4.78 is 0. The third-order valence-corrected chi connectivity index (χ3v) is 6.75. The van der Waals surface area contributed by atoms with Crippen molar-refractivity contribution in [3.63, 3.8) is 0 Å². The minimum absolute atomic E-state index is 0.0674. The van der Waals surface area contributed by atoms with E-state index in [-0.39, 0.29) is 5.91 Å². The predicted octanol–water partition coefficient (Wildman–Crippen LogP) is 3.97. The molecule has 160 valence electrons. The number of likely N-dealkylation sites (tertiary alicyclic amines) is 2. The topological polar surface area (TPSA) is 35.6 Å². The quantitative estimate of drug-likeness (QED) is 0.790. The molecule has 0 spiro atoms. The minimum Gasteiger partial charge on any atom is -0.349 e. The van der Waals surface area contributed by atoms with Crippen molar-refractivity contribution in [2.45, 2.75) is 44.7 Å². The van der Waals surface area contributed by atoms with Crippen molar-refractivity contribution < 1.29 is 4.79 Å². The second kappa shape index (κ2) is 10.2. The Morgan fingerprint density at radius 3 is 2.20 bits per heavy atom. The summed E-state index contributed by atoms with van der Waals surface area (Å²) in [6.45, 7) is 5.43. The lowest BCUT2D eigenvalue weighted by atomic mass is 9.90. The third kappa shape index (κ3) is 5.93. The van der Waals surface area contributed by atoms with Crippen molar-refractivity contribution in [1.29, 1.82) is 0 Å². The van der Waals surface area contributed by atoms with Crippen LogP contribution in [-0.4, -0.2) is 55.0 Å². The number of nitrogens with zero attached hydrogens (tertiary/aromatic N) is 2. The molecule has 2 aliphatic rings. The van der Waals surface area contributed by atoms with Gasteiger partial charge >= 0.3 is 0 Å². The largest absolute Gasteiger partial charge is 0.349 e. The van der Waals surface area contributed by atoms with Gasteiger partial charge in [0.25, 0.3) is 5.91 Å². The Morgan fingerprint density at radius 2 is 1.53 bits per heavy atom. The average molecular weight is 406 g/mol. The zero-order valence-corrected chi connectivity index (χ0v) is 18.2. The van der Waals surface area contributed by atoms with Crippen molar-refractivity contribution >= 4 is 5.91 Å². The van der Waals surface area contributed by atoms with Gasteiger partial charge in [0.1, 0.15) is 0 Å². The Hall–Kier alpha value is -2.17. The van der Waals surface area contributed by atoms with Crippen LogP contribution in [-0.2, 0) is 13.0 Å². The van der Waals surface area contributed by atoms with Gasteiger partial charge in [-0.05, 0) is 94.5 Å². The summed E-state index contributed by atoms with van der Waals surface area (Å²) in [5.41, 5.74) is 3.54. The Kier molecular flexibility index (Phi) is 7.19. The fraction of sp³-hybridized carbons (Fsp3) is 0.500. The maximum Gasteiger partial charge on any atom is 0.251 e. The van der Waals surface area contributed by atoms with Crippen molar-refractivity contribution in [3.05, 3.63) is 71.3 Å². The van der Waals surface area contributed by atoms with Crippen LogP contribution in [0.4, 0.5) is 0 Å². The highest BCUT2D eigenvalue weighted by atomic mass is 16.1. The zero-order valence-electron chi connectivity index (χ0n) is 18.2. The van der Waals surface area contributed by atoms with E-state index < -0.39 is 0 Å². The molecule has 0 aliphatic carbocycles. The fourth-order valence-corrected chi connectivity index (χ4v) is 4.74. The minimum atomic E-state index is 0.0674. The van der Waals surface area contributed by atoms with E-state index in [4.69, 9.17) is 0 Å². The molecule has 2 fully saturated rings. The van der Waals surface area contributed by atoms with Crippen LogP contribution < -0.4 is 5.32 Å². The summed E-state index contributed by atoms with van der Waals surface area (Å²) in [4.78, 5) is 17.4. The van der Waals surface area contributed by atoms with E-state index in [1.54, 1.807) is 0 Å². The van der Waals surface area contributed by atoms with E-state index in [0.29, 0.717) is 6.04 Å². The molecule has 2 aromatic carbocycles. The summed E-state index contributed by atoms with van der Waals surface area (Å²) in [7, 11) is 2.14. The molecule has 0 aromatic heterocycles. The number of hydrogen-bond donors (Lipinski definition) is 1. The monoisotopic (exact) mass is 405 g/mol. The highest BCUT2D eigenvalue weighted by Crippen LogP contribution is 2.23. The first-order valence-corrected chi connectivity index (χ1v) is 11.5. The summed E-state index contributed by atoms with van der Waals surface area (Å²) in [5, 5.41) is 3.21. The van der Waals surface area contributed by atoms with Crippen LogP contribution in [0.25, 0.3) is 0 Å². The van der Waals surface area contributed by atoms with Gasteiger partial charge in [-0.15, -0.1) is 0 Å². The molecule has 4 nitrogen and oxygen atoms in total. The van der Waals surface area contributed by atoms with Gasteiger partial charge < -0.3 is 10.2 Å². The van der Waals surface area contributed by atoms with Crippen molar-refractivity contribution in [3.8, 4) is 0 Å². The lowest BCUT2D eigenvalue weighted by Crippen LogP contribution is -2.43. The van der Waals surface area contributed by atoms with Crippen LogP contribution in [0.15, 0.2) is 54.6 Å². The number of hydrogen-bond acceptors (Lipinski definition) is 3. The Labute approximate surface area is 181 Å². The third-order valence-electron chi connectivity index (χ3n) is 6.75. The Morgan fingerprint density at radius 1 is 0.867 bits per heavy atom. The van der Waals surface area contributed by atoms with Crippen LogP contribution in [0.5, 0.6) is 0 Å². The van der Waals surface area contributed by atoms with Crippen LogP contribution in [0.1, 0.15) is 47.2 Å². The van der Waals surface area contributed by atoms with Gasteiger partial charge in [-0.3, -0.25) is 9.69 Å². The molecule has 30 heavy (non-hydrogen) atoms. The van der Waals surface area contributed by atoms with E-state index in [1.165, 1.54) is 30.4 Å². The highest BCUT2D eigenvalue weighted by molar-refractivity contribution is 5.94. The molecule has 0 unspecified atom stereocenters. The second-order valence-electron chi connectivity index (χ2n) is 9.16. The first kappa shape index (κ1) is 21.1. The number of rotatable bonds is 6. The van der Waals surface area contributed by atoms with Gasteiger partial charge in [-0.25, -0.2) is 0 Å². The molecule has 4 heteroatoms. The van der Waals surface area contributed by atoms with Crippen LogP contribution in [0.2, 0.25) is 0 Å². The van der Waals surface area contributed by atoms with Gasteiger partial charge in [0, 0.05) is 18.2 Å². The maximum absolute atomic E-state index is 12.5. The lowest BCUT2D eigenvalue weighted by Gasteiger charge is -2.32. The van der Waals surface area contributed by atoms with Gasteiger partial charge in [0.15, 0.2) is 0 Å². The van der Waals surface area contributed by atoms with E-state index in [1.807, 2.05) is 12.1 Å². The summed E-state index contributed by atoms with van der Waals surface area (Å²) in [6, 6.07) is 19.4. The van der Waals surface area contributed by atoms with Crippen LogP contribution in [0.3, 0.4) is 0 Å². The molecule has 0 bridgehead atoms. The molecule has 0 saturated carbocycles. The molecule has 4 rings (SSSR count). The SMILES string of the molecule is CN1CCC(NC(=O)c2ccc(CN3CCC(Cc4ccccc4)CC3)cc2)CC1. The van der Waals surface area contributed by atoms with Crippen molar-refractivity contribution in [2.75, 3.05) is 33.2 Å². The van der Waals surface area contributed by atoms with Crippen molar-refractivity contribution in [2.24, 2.45) is 5.92 Å². The van der Waals surface area contributed by atoms with Crippen LogP contribution in [0, 0.1) is 5.92 Å². The number of piperidine rings is 2. The number of amides is 1. The fourth-order valence-electron chi connectivity index (χ4n) is 4.74. The van der Waals surface area contributed by atoms with Gasteiger partial charge in [0.2, 0.25) is 0 Å². The van der Waals surface area contributed by atoms with Crippen LogP contribution >= 0.6 is 0 Å². The Balaban J connectivity index is 1.21. The summed E-state index contributed by atoms with van der Waals surface area (Å²) >= 11 is 0. The van der Waals surface area contributed by atoms with Gasteiger partial charge in [0.05, 0.1) is 0 Å². The molecule has 2 aromatic rings. The maximum atomic E-state index is 12.5. The van der Waals surface area contributed by atoms with E-state index >= 15 is 0 Å². The average Bonchev–Trinajstić information content (AvgIpc) is 2.78. The van der Waals surface area contributed by atoms with E-state index in [0.717, 1.165) is 57.0 Å². The van der Waals surface area contributed by atoms with Crippen molar-refractivity contribution in [1.82, 2.24) is 15.1 Å². The highest BCUT2D eigenvalue weighted by Gasteiger charge is 2.21. The van der Waals surface area contributed by atoms with E-state index in [9.17, 15) is 4.79 Å². The predicted molar refractivity (Wildman–Crippen MR) is 123 cm³/mol. The molecular weight excluding hydrogens is 370 g/mol. The Bertz CT molecular complexity index is 789. The summed E-state index contributed by atoms with van der Waals surface area (Å²) in [5.74, 6) is 0.868. The number of nitrogens with one attached hydrogen (secondary N) is 1. The molecule has 0 atom stereocenters. The molecule has 1 amide bonds. The number of benzene rings is 2. The van der Waals surface area contributed by atoms with Gasteiger partial charge in [-0.1, -0.05) is 42.5 Å². The summed E-state index contributed by atoms with van der Waals surface area (Å²) in [6.07, 6.45) is 5.83. The first-order chi connectivity index (χ1) is 14.7. The molecule has 1 N–H and O–H groups in total. The molecule has 2 saturated heterocycles. The van der Waals surface area contributed by atoms with E-state index in [2.05, 4.69) is 64.6 Å². The molecule has 2 heterocycles. The molecular formula is C26H35N3O. The smallest absolute Gasteiger partial charge is 0.251 e.